The summed E-state index contributed by atoms with van der Waals surface area (Å²) in [5.74, 6) is 0.500. The van der Waals surface area contributed by atoms with E-state index in [-0.39, 0.29) is 5.78 Å². The fourth-order valence-electron chi connectivity index (χ4n) is 8.01. The molecule has 58 heavy (non-hydrogen) atoms. The van der Waals surface area contributed by atoms with Crippen LogP contribution in [0.5, 0.6) is 0 Å². The molecule has 3 nitrogen and oxygen atoms in total. The van der Waals surface area contributed by atoms with Gasteiger partial charge in [0, 0.05) is 33.4 Å². The number of carbonyl (C=O) groups is 1. The molecule has 0 N–H and O–H groups in total. The van der Waals surface area contributed by atoms with Crippen molar-refractivity contribution in [2.24, 2.45) is 0 Å². The summed E-state index contributed by atoms with van der Waals surface area (Å²) in [6.45, 7) is 0. The van der Waals surface area contributed by atoms with Crippen molar-refractivity contribution in [1.82, 2.24) is 9.97 Å². The second-order valence-electron chi connectivity index (χ2n) is 14.5. The van der Waals surface area contributed by atoms with Crippen molar-refractivity contribution >= 4 is 27.3 Å². The molecule has 3 heteroatoms. The maximum absolute atomic E-state index is 13.7. The first-order valence-corrected chi connectivity index (χ1v) is 19.5. The minimum Gasteiger partial charge on any atom is -0.289 e. The molecule has 0 unspecified atom stereocenters. The summed E-state index contributed by atoms with van der Waals surface area (Å²) in [6, 6.07) is 74.8. The lowest BCUT2D eigenvalue weighted by Crippen LogP contribution is -2.03. The van der Waals surface area contributed by atoms with Gasteiger partial charge in [-0.15, -0.1) is 0 Å². The molecule has 0 aliphatic heterocycles. The van der Waals surface area contributed by atoms with Gasteiger partial charge in [-0.2, -0.15) is 0 Å². The molecule has 272 valence electrons. The zero-order chi connectivity index (χ0) is 38.8. The molecule has 0 amide bonds. The van der Waals surface area contributed by atoms with Crippen LogP contribution in [0.2, 0.25) is 0 Å². The largest absolute Gasteiger partial charge is 0.289 e. The number of hydrogen-bond acceptors (Lipinski definition) is 3. The van der Waals surface area contributed by atoms with Gasteiger partial charge in [0.1, 0.15) is 0 Å². The summed E-state index contributed by atoms with van der Waals surface area (Å²) < 4.78 is 0. The number of hydrogen-bond donors (Lipinski definition) is 0. The Labute approximate surface area is 337 Å². The standard InChI is InChI=1S/C55H36N2O/c58-54(44-18-5-2-6-19-44)45-22-11-23-46(36-45)55-56-52(42-32-28-39(29-33-42)49-26-12-20-37-14-7-9-24-47(37)49)51(41-16-3-1-4-17-41)53(57-55)43-34-30-40(31-35-43)50-27-13-21-38-15-8-10-25-48(38)50/h1-36H. The molecular weight excluding hydrogens is 705 g/mol. The summed E-state index contributed by atoms with van der Waals surface area (Å²) >= 11 is 0. The first-order valence-electron chi connectivity index (χ1n) is 19.5. The maximum Gasteiger partial charge on any atom is 0.193 e. The highest BCUT2D eigenvalue weighted by Crippen LogP contribution is 2.41. The number of fused-ring (bicyclic) bond motifs is 2. The molecule has 0 aliphatic carbocycles. The van der Waals surface area contributed by atoms with Crippen LogP contribution in [0.4, 0.5) is 0 Å². The molecule has 0 spiro atoms. The Morgan fingerprint density at radius 1 is 0.328 bits per heavy atom. The zero-order valence-electron chi connectivity index (χ0n) is 31.6. The molecule has 0 atom stereocenters. The normalized spacial score (nSPS) is 11.2. The average Bonchev–Trinajstić information content (AvgIpc) is 3.31. The predicted molar refractivity (Wildman–Crippen MR) is 240 cm³/mol. The second kappa shape index (κ2) is 15.1. The van der Waals surface area contributed by atoms with Gasteiger partial charge in [-0.05, 0) is 55.4 Å². The lowest BCUT2D eigenvalue weighted by Gasteiger charge is -2.18. The maximum atomic E-state index is 13.7. The number of benzene rings is 9. The van der Waals surface area contributed by atoms with Crippen LogP contribution in [0.3, 0.4) is 0 Å². The van der Waals surface area contributed by atoms with E-state index in [0.717, 1.165) is 50.3 Å². The van der Waals surface area contributed by atoms with Gasteiger partial charge in [0.15, 0.2) is 11.6 Å². The third-order valence-corrected chi connectivity index (χ3v) is 10.9. The summed E-state index contributed by atoms with van der Waals surface area (Å²) in [4.78, 5) is 24.4. The Kier molecular flexibility index (Phi) is 9.02. The molecule has 9 aromatic carbocycles. The van der Waals surface area contributed by atoms with Gasteiger partial charge in [0.25, 0.3) is 0 Å². The van der Waals surface area contributed by atoms with Crippen molar-refractivity contribution in [3.8, 4) is 67.3 Å². The van der Waals surface area contributed by atoms with Gasteiger partial charge < -0.3 is 0 Å². The molecule has 0 saturated heterocycles. The van der Waals surface area contributed by atoms with Gasteiger partial charge >= 0.3 is 0 Å². The minimum absolute atomic E-state index is 0.0446. The van der Waals surface area contributed by atoms with Crippen molar-refractivity contribution in [1.29, 1.82) is 0 Å². The van der Waals surface area contributed by atoms with Crippen LogP contribution >= 0.6 is 0 Å². The summed E-state index contributed by atoms with van der Waals surface area (Å²) in [7, 11) is 0. The third-order valence-electron chi connectivity index (χ3n) is 10.9. The molecule has 0 aliphatic rings. The van der Waals surface area contributed by atoms with Crippen molar-refractivity contribution in [3.63, 3.8) is 0 Å². The fourth-order valence-corrected chi connectivity index (χ4v) is 8.01. The lowest BCUT2D eigenvalue weighted by atomic mass is 9.91. The number of ketones is 1. The highest BCUT2D eigenvalue weighted by Gasteiger charge is 2.21. The zero-order valence-corrected chi connectivity index (χ0v) is 31.6. The number of nitrogens with zero attached hydrogens (tertiary/aromatic N) is 2. The van der Waals surface area contributed by atoms with Gasteiger partial charge in [-0.3, -0.25) is 4.79 Å². The molecule has 0 fully saturated rings. The topological polar surface area (TPSA) is 42.9 Å². The Morgan fingerprint density at radius 3 is 1.29 bits per heavy atom. The van der Waals surface area contributed by atoms with Crippen LogP contribution in [0, 0.1) is 0 Å². The molecular formula is C55H36N2O. The monoisotopic (exact) mass is 740 g/mol. The highest BCUT2D eigenvalue weighted by molar-refractivity contribution is 6.09. The molecule has 1 aromatic heterocycles. The van der Waals surface area contributed by atoms with Crippen LogP contribution in [0.25, 0.3) is 88.8 Å². The molecule has 10 rings (SSSR count). The van der Waals surface area contributed by atoms with E-state index >= 15 is 0 Å². The molecule has 0 radical (unpaired) electrons. The third kappa shape index (κ3) is 6.55. The Balaban J connectivity index is 1.16. The van der Waals surface area contributed by atoms with E-state index in [0.29, 0.717) is 17.0 Å². The van der Waals surface area contributed by atoms with E-state index in [1.54, 1.807) is 0 Å². The van der Waals surface area contributed by atoms with Gasteiger partial charge in [-0.25, -0.2) is 9.97 Å². The fraction of sp³-hybridized carbons (Fsp3) is 0. The van der Waals surface area contributed by atoms with Crippen LogP contribution < -0.4 is 0 Å². The average molecular weight is 741 g/mol. The van der Waals surface area contributed by atoms with E-state index in [2.05, 4.69) is 158 Å². The van der Waals surface area contributed by atoms with Crippen LogP contribution in [0.1, 0.15) is 15.9 Å². The van der Waals surface area contributed by atoms with Crippen LogP contribution in [0.15, 0.2) is 218 Å². The molecule has 10 aromatic rings. The van der Waals surface area contributed by atoms with E-state index in [4.69, 9.17) is 9.97 Å². The van der Waals surface area contributed by atoms with E-state index < -0.39 is 0 Å². The second-order valence-corrected chi connectivity index (χ2v) is 14.5. The number of carbonyl (C=O) groups excluding carboxylic acids is 1. The Morgan fingerprint density at radius 2 is 0.741 bits per heavy atom. The van der Waals surface area contributed by atoms with E-state index in [1.807, 2.05) is 60.7 Å². The summed E-state index contributed by atoms with van der Waals surface area (Å²) in [5.41, 5.74) is 12.1. The Bertz CT molecular complexity index is 2940. The lowest BCUT2D eigenvalue weighted by molar-refractivity contribution is 0.103. The molecule has 1 heterocycles. The quantitative estimate of drug-likeness (QED) is 0.146. The van der Waals surface area contributed by atoms with Crippen molar-refractivity contribution in [2.75, 3.05) is 0 Å². The summed E-state index contributed by atoms with van der Waals surface area (Å²) in [6.07, 6.45) is 0. The molecule has 0 bridgehead atoms. The van der Waals surface area contributed by atoms with E-state index in [9.17, 15) is 4.79 Å². The van der Waals surface area contributed by atoms with Crippen LogP contribution in [-0.2, 0) is 0 Å². The van der Waals surface area contributed by atoms with Crippen LogP contribution in [-0.4, -0.2) is 15.8 Å². The first kappa shape index (κ1) is 34.7. The number of rotatable bonds is 8. The van der Waals surface area contributed by atoms with Gasteiger partial charge in [0.2, 0.25) is 0 Å². The van der Waals surface area contributed by atoms with Crippen molar-refractivity contribution < 1.29 is 4.79 Å². The summed E-state index contributed by atoms with van der Waals surface area (Å²) in [5, 5.41) is 4.84. The first-order chi connectivity index (χ1) is 28.7. The van der Waals surface area contributed by atoms with Crippen molar-refractivity contribution in [2.45, 2.75) is 0 Å². The highest BCUT2D eigenvalue weighted by atomic mass is 16.1. The van der Waals surface area contributed by atoms with Crippen molar-refractivity contribution in [3.05, 3.63) is 230 Å². The Hall–Kier alpha value is -7.75. The minimum atomic E-state index is -0.0446. The SMILES string of the molecule is O=C(c1ccccc1)c1cccc(-c2nc(-c3ccc(-c4cccc5ccccc45)cc3)c(-c3ccccc3)c(-c3ccc(-c4cccc5ccccc45)cc3)n2)c1. The number of aromatic nitrogens is 2. The predicted octanol–water partition coefficient (Wildman–Crippen LogP) is 14.0. The van der Waals surface area contributed by atoms with Gasteiger partial charge in [-0.1, -0.05) is 212 Å². The molecule has 0 saturated carbocycles. The smallest absolute Gasteiger partial charge is 0.193 e. The van der Waals surface area contributed by atoms with Gasteiger partial charge in [0.05, 0.1) is 11.4 Å². The van der Waals surface area contributed by atoms with E-state index in [1.165, 1.54) is 32.7 Å².